The first-order valence-electron chi connectivity index (χ1n) is 4.30. The third-order valence-electron chi connectivity index (χ3n) is 2.05. The third kappa shape index (κ3) is 1.74. The van der Waals surface area contributed by atoms with Crippen LogP contribution in [0.4, 0.5) is 10.1 Å². The molecule has 0 aliphatic carbocycles. The Kier molecular flexibility index (Phi) is 2.57. The molecule has 0 saturated heterocycles. The van der Waals surface area contributed by atoms with Crippen molar-refractivity contribution in [3.8, 4) is 16.2 Å². The molecular formula is C10H6FNO3S. The number of benzene rings is 1. The van der Waals surface area contributed by atoms with Gasteiger partial charge in [-0.05, 0) is 17.5 Å². The molecule has 4 nitrogen and oxygen atoms in total. The highest BCUT2D eigenvalue weighted by atomic mass is 32.1. The van der Waals surface area contributed by atoms with Crippen LogP contribution in [0.25, 0.3) is 10.4 Å². The number of hydrogen-bond acceptors (Lipinski definition) is 4. The van der Waals surface area contributed by atoms with Crippen molar-refractivity contribution in [3.63, 3.8) is 0 Å². The second kappa shape index (κ2) is 3.90. The fourth-order valence-electron chi connectivity index (χ4n) is 1.31. The summed E-state index contributed by atoms with van der Waals surface area (Å²) in [5.41, 5.74) is -0.236. The zero-order valence-corrected chi connectivity index (χ0v) is 8.70. The van der Waals surface area contributed by atoms with E-state index in [4.69, 9.17) is 0 Å². The lowest BCUT2D eigenvalue weighted by molar-refractivity contribution is -0.386. The van der Waals surface area contributed by atoms with Crippen molar-refractivity contribution >= 4 is 17.0 Å². The summed E-state index contributed by atoms with van der Waals surface area (Å²) in [4.78, 5) is 10.5. The van der Waals surface area contributed by atoms with Crippen LogP contribution in [0, 0.1) is 15.9 Å². The number of hydrogen-bond donors (Lipinski definition) is 1. The lowest BCUT2D eigenvalue weighted by Gasteiger charge is -2.01. The summed E-state index contributed by atoms with van der Waals surface area (Å²) in [5, 5.41) is 21.5. The summed E-state index contributed by atoms with van der Waals surface area (Å²) in [6.45, 7) is 0. The van der Waals surface area contributed by atoms with Crippen LogP contribution < -0.4 is 0 Å². The molecule has 0 spiro atoms. The van der Waals surface area contributed by atoms with Gasteiger partial charge in [0, 0.05) is 16.5 Å². The van der Waals surface area contributed by atoms with Crippen LogP contribution >= 0.6 is 11.3 Å². The van der Waals surface area contributed by atoms with E-state index in [0.717, 1.165) is 12.1 Å². The van der Waals surface area contributed by atoms with Gasteiger partial charge in [-0.1, -0.05) is 6.07 Å². The SMILES string of the molecule is O=[N+]([O-])c1cc(-c2cccs2)cc(F)c1O. The van der Waals surface area contributed by atoms with Crippen LogP contribution in [-0.4, -0.2) is 10.0 Å². The lowest BCUT2D eigenvalue weighted by atomic mass is 10.1. The Morgan fingerprint density at radius 2 is 2.19 bits per heavy atom. The monoisotopic (exact) mass is 239 g/mol. The van der Waals surface area contributed by atoms with Crippen LogP contribution in [0.5, 0.6) is 5.75 Å². The van der Waals surface area contributed by atoms with Crippen LogP contribution in [0.1, 0.15) is 0 Å². The van der Waals surface area contributed by atoms with E-state index < -0.39 is 22.2 Å². The molecule has 16 heavy (non-hydrogen) atoms. The minimum Gasteiger partial charge on any atom is -0.500 e. The van der Waals surface area contributed by atoms with Crippen molar-refractivity contribution in [1.29, 1.82) is 0 Å². The van der Waals surface area contributed by atoms with Gasteiger partial charge in [-0.15, -0.1) is 11.3 Å². The third-order valence-corrected chi connectivity index (χ3v) is 2.96. The van der Waals surface area contributed by atoms with Gasteiger partial charge in [-0.3, -0.25) is 10.1 Å². The summed E-state index contributed by atoms with van der Waals surface area (Å²) >= 11 is 1.34. The van der Waals surface area contributed by atoms with Crippen molar-refractivity contribution in [2.45, 2.75) is 0 Å². The minimum absolute atomic E-state index is 0.386. The highest BCUT2D eigenvalue weighted by Gasteiger charge is 2.19. The van der Waals surface area contributed by atoms with Gasteiger partial charge in [0.2, 0.25) is 5.75 Å². The van der Waals surface area contributed by atoms with Gasteiger partial charge in [0.05, 0.1) is 4.92 Å². The first-order chi connectivity index (χ1) is 7.59. The predicted octanol–water partition coefficient (Wildman–Crippen LogP) is 3.17. The van der Waals surface area contributed by atoms with Gasteiger partial charge < -0.3 is 5.11 Å². The van der Waals surface area contributed by atoms with Gasteiger partial charge >= 0.3 is 5.69 Å². The first kappa shape index (κ1) is 10.6. The Hall–Kier alpha value is -1.95. The fraction of sp³-hybridized carbons (Fsp3) is 0. The molecule has 0 saturated carbocycles. The molecule has 0 unspecified atom stereocenters. The smallest absolute Gasteiger partial charge is 0.314 e. The Morgan fingerprint density at radius 1 is 1.44 bits per heavy atom. The molecular weight excluding hydrogens is 233 g/mol. The largest absolute Gasteiger partial charge is 0.500 e. The van der Waals surface area contributed by atoms with Crippen molar-refractivity contribution in [3.05, 3.63) is 45.6 Å². The van der Waals surface area contributed by atoms with Crippen LogP contribution in [0.3, 0.4) is 0 Å². The quantitative estimate of drug-likeness (QED) is 0.646. The highest BCUT2D eigenvalue weighted by Crippen LogP contribution is 2.35. The molecule has 6 heteroatoms. The fourth-order valence-corrected chi connectivity index (χ4v) is 2.02. The molecule has 0 bridgehead atoms. The number of phenolic OH excluding ortho intramolecular Hbond substituents is 1. The molecule has 2 rings (SSSR count). The molecule has 2 aromatic rings. The molecule has 0 radical (unpaired) electrons. The summed E-state index contributed by atoms with van der Waals surface area (Å²) in [7, 11) is 0. The van der Waals surface area contributed by atoms with Crippen molar-refractivity contribution in [2.75, 3.05) is 0 Å². The molecule has 0 aliphatic rings. The Balaban J connectivity index is 2.62. The van der Waals surface area contributed by atoms with E-state index in [9.17, 15) is 19.6 Å². The second-order valence-corrected chi connectivity index (χ2v) is 4.01. The number of nitrogens with zero attached hydrogens (tertiary/aromatic N) is 1. The van der Waals surface area contributed by atoms with E-state index in [1.807, 2.05) is 0 Å². The molecule has 0 amide bonds. The molecule has 1 N–H and O–H groups in total. The average Bonchev–Trinajstić information content (AvgIpc) is 2.74. The summed E-state index contributed by atoms with van der Waals surface area (Å²) in [6.07, 6.45) is 0. The molecule has 0 aliphatic heterocycles. The second-order valence-electron chi connectivity index (χ2n) is 3.06. The summed E-state index contributed by atoms with van der Waals surface area (Å²) in [6, 6.07) is 5.72. The van der Waals surface area contributed by atoms with E-state index in [0.29, 0.717) is 10.4 Å². The zero-order valence-electron chi connectivity index (χ0n) is 7.88. The topological polar surface area (TPSA) is 63.4 Å². The van der Waals surface area contributed by atoms with Gasteiger partial charge in [-0.2, -0.15) is 0 Å². The highest BCUT2D eigenvalue weighted by molar-refractivity contribution is 7.13. The Bertz CT molecular complexity index is 539. The van der Waals surface area contributed by atoms with Crippen LogP contribution in [0.2, 0.25) is 0 Å². The van der Waals surface area contributed by atoms with E-state index in [1.54, 1.807) is 17.5 Å². The normalized spacial score (nSPS) is 10.3. The predicted molar refractivity (Wildman–Crippen MR) is 58.0 cm³/mol. The van der Waals surface area contributed by atoms with Gasteiger partial charge in [-0.25, -0.2) is 4.39 Å². The number of halogens is 1. The zero-order chi connectivity index (χ0) is 11.7. The van der Waals surface area contributed by atoms with Crippen molar-refractivity contribution < 1.29 is 14.4 Å². The lowest BCUT2D eigenvalue weighted by Crippen LogP contribution is -1.91. The number of thiophene rings is 1. The number of rotatable bonds is 2. The molecule has 0 fully saturated rings. The maximum absolute atomic E-state index is 13.2. The first-order valence-corrected chi connectivity index (χ1v) is 5.18. The Morgan fingerprint density at radius 3 is 2.75 bits per heavy atom. The van der Waals surface area contributed by atoms with Crippen molar-refractivity contribution in [2.24, 2.45) is 0 Å². The molecule has 82 valence electrons. The Labute approximate surface area is 93.7 Å². The summed E-state index contributed by atoms with van der Waals surface area (Å²) in [5.74, 6) is -1.91. The number of phenols is 1. The van der Waals surface area contributed by atoms with E-state index in [2.05, 4.69) is 0 Å². The minimum atomic E-state index is -0.988. The number of aromatic hydroxyl groups is 1. The van der Waals surface area contributed by atoms with Crippen molar-refractivity contribution in [1.82, 2.24) is 0 Å². The van der Waals surface area contributed by atoms with Crippen LogP contribution in [-0.2, 0) is 0 Å². The van der Waals surface area contributed by atoms with E-state index in [1.165, 1.54) is 11.3 Å². The number of nitro benzene ring substituents is 1. The summed E-state index contributed by atoms with van der Waals surface area (Å²) < 4.78 is 13.2. The molecule has 1 aromatic heterocycles. The molecule has 1 aromatic carbocycles. The molecule has 0 atom stereocenters. The number of nitro groups is 1. The van der Waals surface area contributed by atoms with Gasteiger partial charge in [0.1, 0.15) is 0 Å². The van der Waals surface area contributed by atoms with Crippen LogP contribution in [0.15, 0.2) is 29.6 Å². The van der Waals surface area contributed by atoms with Gasteiger partial charge in [0.25, 0.3) is 0 Å². The van der Waals surface area contributed by atoms with E-state index in [-0.39, 0.29) is 0 Å². The van der Waals surface area contributed by atoms with Gasteiger partial charge in [0.15, 0.2) is 5.82 Å². The maximum atomic E-state index is 13.2. The maximum Gasteiger partial charge on any atom is 0.314 e. The standard InChI is InChI=1S/C10H6FNO3S/c11-7-4-6(9-2-1-3-16-9)5-8(10(7)13)12(14)15/h1-5,13H. The van der Waals surface area contributed by atoms with E-state index >= 15 is 0 Å². The molecule has 1 heterocycles. The average molecular weight is 239 g/mol.